The van der Waals surface area contributed by atoms with E-state index in [0.29, 0.717) is 6.42 Å². The highest BCUT2D eigenvalue weighted by molar-refractivity contribution is 7.89. The van der Waals surface area contributed by atoms with Gasteiger partial charge in [0, 0.05) is 23.5 Å². The van der Waals surface area contributed by atoms with Crippen molar-refractivity contribution in [1.82, 2.24) is 4.31 Å². The molecule has 1 unspecified atom stereocenters. The van der Waals surface area contributed by atoms with Gasteiger partial charge >= 0.3 is 5.69 Å². The summed E-state index contributed by atoms with van der Waals surface area (Å²) >= 11 is 1.57. The zero-order chi connectivity index (χ0) is 21.7. The summed E-state index contributed by atoms with van der Waals surface area (Å²) in [6, 6.07) is 16.5. The molecule has 0 amide bonds. The highest BCUT2D eigenvalue weighted by atomic mass is 32.2. The van der Waals surface area contributed by atoms with Crippen LogP contribution >= 0.6 is 11.3 Å². The van der Waals surface area contributed by atoms with Crippen LogP contribution in [0.5, 0.6) is 5.75 Å². The van der Waals surface area contributed by atoms with Crippen LogP contribution in [0.1, 0.15) is 17.4 Å². The maximum absolute atomic E-state index is 13.5. The van der Waals surface area contributed by atoms with Crippen molar-refractivity contribution in [2.45, 2.75) is 30.8 Å². The summed E-state index contributed by atoms with van der Waals surface area (Å²) in [6.07, 6.45) is 0.544. The van der Waals surface area contributed by atoms with Crippen molar-refractivity contribution in [3.8, 4) is 5.75 Å². The van der Waals surface area contributed by atoms with Crippen LogP contribution in [-0.2, 0) is 23.0 Å². The van der Waals surface area contributed by atoms with Gasteiger partial charge in [0.2, 0.25) is 10.0 Å². The molecule has 1 aromatic heterocycles. The van der Waals surface area contributed by atoms with Gasteiger partial charge in [0.25, 0.3) is 0 Å². The van der Waals surface area contributed by atoms with Gasteiger partial charge < -0.3 is 4.74 Å². The van der Waals surface area contributed by atoms with Gasteiger partial charge in [0.15, 0.2) is 5.75 Å². The maximum atomic E-state index is 13.5. The van der Waals surface area contributed by atoms with Crippen LogP contribution in [0.4, 0.5) is 5.69 Å². The van der Waals surface area contributed by atoms with E-state index in [-0.39, 0.29) is 28.9 Å². The lowest BCUT2D eigenvalue weighted by Crippen LogP contribution is -2.39. The number of nitro groups is 1. The Hall–Kier alpha value is -2.75. The summed E-state index contributed by atoms with van der Waals surface area (Å²) in [5.74, 6) is 0.0141. The normalized spacial score (nSPS) is 12.6. The van der Waals surface area contributed by atoms with Crippen LogP contribution < -0.4 is 4.74 Å². The van der Waals surface area contributed by atoms with E-state index in [1.165, 1.54) is 23.5 Å². The standard InChI is InChI=1S/C21H22N2O5S2/c1-16(13-18-9-6-12-29-18)22(15-17-7-4-3-5-8-17)30(26,27)19-10-11-21(28-2)20(14-19)23(24)25/h3-12,14,16H,13,15H2,1-2H3. The molecule has 1 heterocycles. The van der Waals surface area contributed by atoms with Gasteiger partial charge in [0.05, 0.1) is 16.9 Å². The number of thiophene rings is 1. The highest BCUT2D eigenvalue weighted by Crippen LogP contribution is 2.32. The van der Waals surface area contributed by atoms with Crippen molar-refractivity contribution in [1.29, 1.82) is 0 Å². The van der Waals surface area contributed by atoms with Gasteiger partial charge in [-0.25, -0.2) is 8.42 Å². The van der Waals surface area contributed by atoms with Crippen LogP contribution in [0.15, 0.2) is 70.9 Å². The Morgan fingerprint density at radius 2 is 1.87 bits per heavy atom. The third-order valence-corrected chi connectivity index (χ3v) is 7.56. The number of sulfonamides is 1. The maximum Gasteiger partial charge on any atom is 0.312 e. The van der Waals surface area contributed by atoms with E-state index in [1.54, 1.807) is 11.3 Å². The topological polar surface area (TPSA) is 89.8 Å². The Labute approximate surface area is 179 Å². The van der Waals surface area contributed by atoms with Crippen molar-refractivity contribution in [3.05, 3.63) is 86.6 Å². The molecule has 1 atom stereocenters. The lowest BCUT2D eigenvalue weighted by atomic mass is 10.1. The Bertz CT molecular complexity index is 1100. The molecule has 7 nitrogen and oxygen atoms in total. The summed E-state index contributed by atoms with van der Waals surface area (Å²) in [4.78, 5) is 11.7. The number of nitrogens with zero attached hydrogens (tertiary/aromatic N) is 2. The molecular formula is C21H22N2O5S2. The highest BCUT2D eigenvalue weighted by Gasteiger charge is 2.31. The number of ether oxygens (including phenoxy) is 1. The molecular weight excluding hydrogens is 424 g/mol. The molecule has 3 rings (SSSR count). The smallest absolute Gasteiger partial charge is 0.312 e. The molecule has 0 saturated heterocycles. The molecule has 3 aromatic rings. The summed E-state index contributed by atoms with van der Waals surface area (Å²) in [6.45, 7) is 2.01. The molecule has 30 heavy (non-hydrogen) atoms. The fourth-order valence-corrected chi connectivity index (χ4v) is 5.64. The third kappa shape index (κ3) is 4.86. The predicted octanol–water partition coefficient (Wildman–Crippen LogP) is 4.49. The molecule has 9 heteroatoms. The minimum Gasteiger partial charge on any atom is -0.490 e. The van der Waals surface area contributed by atoms with E-state index in [0.717, 1.165) is 16.5 Å². The molecule has 0 N–H and O–H groups in total. The van der Waals surface area contributed by atoms with Crippen LogP contribution in [0, 0.1) is 10.1 Å². The lowest BCUT2D eigenvalue weighted by molar-refractivity contribution is -0.386. The van der Waals surface area contributed by atoms with Gasteiger partial charge in [-0.05, 0) is 42.5 Å². The van der Waals surface area contributed by atoms with E-state index in [2.05, 4.69) is 0 Å². The molecule has 0 aliphatic rings. The van der Waals surface area contributed by atoms with Crippen molar-refractivity contribution < 1.29 is 18.1 Å². The first kappa shape index (κ1) is 21.9. The summed E-state index contributed by atoms with van der Waals surface area (Å²) in [5.41, 5.74) is 0.450. The van der Waals surface area contributed by atoms with Crippen LogP contribution in [-0.4, -0.2) is 30.8 Å². The van der Waals surface area contributed by atoms with Gasteiger partial charge in [-0.3, -0.25) is 10.1 Å². The first-order valence-electron chi connectivity index (χ1n) is 9.23. The third-order valence-electron chi connectivity index (χ3n) is 4.70. The molecule has 0 saturated carbocycles. The molecule has 0 aliphatic carbocycles. The number of benzene rings is 2. The number of rotatable bonds is 9. The fourth-order valence-electron chi connectivity index (χ4n) is 3.17. The second-order valence-electron chi connectivity index (χ2n) is 6.76. The predicted molar refractivity (Wildman–Crippen MR) is 116 cm³/mol. The zero-order valence-electron chi connectivity index (χ0n) is 16.6. The molecule has 2 aromatic carbocycles. The fraction of sp³-hybridized carbons (Fsp3) is 0.238. The van der Waals surface area contributed by atoms with E-state index in [1.807, 2.05) is 54.8 Å². The molecule has 0 aliphatic heterocycles. The van der Waals surface area contributed by atoms with E-state index in [9.17, 15) is 18.5 Å². The first-order chi connectivity index (χ1) is 14.3. The second kappa shape index (κ2) is 9.38. The van der Waals surface area contributed by atoms with Gasteiger partial charge in [0.1, 0.15) is 0 Å². The summed E-state index contributed by atoms with van der Waals surface area (Å²) < 4.78 is 33.5. The van der Waals surface area contributed by atoms with Gasteiger partial charge in [-0.15, -0.1) is 11.3 Å². The van der Waals surface area contributed by atoms with Crippen LogP contribution in [0.25, 0.3) is 0 Å². The molecule has 158 valence electrons. The zero-order valence-corrected chi connectivity index (χ0v) is 18.2. The summed E-state index contributed by atoms with van der Waals surface area (Å²) in [5, 5.41) is 13.3. The largest absolute Gasteiger partial charge is 0.490 e. The average Bonchev–Trinajstić information content (AvgIpc) is 3.25. The minimum atomic E-state index is -4.00. The Balaban J connectivity index is 2.02. The van der Waals surface area contributed by atoms with E-state index >= 15 is 0 Å². The minimum absolute atomic E-state index is 0.0141. The van der Waals surface area contributed by atoms with Crippen molar-refractivity contribution in [2.24, 2.45) is 0 Å². The van der Waals surface area contributed by atoms with Crippen molar-refractivity contribution in [2.75, 3.05) is 7.11 Å². The monoisotopic (exact) mass is 446 g/mol. The second-order valence-corrected chi connectivity index (χ2v) is 9.68. The van der Waals surface area contributed by atoms with Crippen molar-refractivity contribution >= 4 is 27.0 Å². The lowest BCUT2D eigenvalue weighted by Gasteiger charge is -2.28. The Morgan fingerprint density at radius 3 is 2.47 bits per heavy atom. The van der Waals surface area contributed by atoms with E-state index in [4.69, 9.17) is 4.74 Å². The average molecular weight is 447 g/mol. The van der Waals surface area contributed by atoms with Gasteiger partial charge in [-0.1, -0.05) is 36.4 Å². The van der Waals surface area contributed by atoms with Crippen LogP contribution in [0.2, 0.25) is 0 Å². The summed E-state index contributed by atoms with van der Waals surface area (Å²) in [7, 11) is -2.70. The number of hydrogen-bond acceptors (Lipinski definition) is 6. The molecule has 0 fully saturated rings. The van der Waals surface area contributed by atoms with Crippen molar-refractivity contribution in [3.63, 3.8) is 0 Å². The number of nitro benzene ring substituents is 1. The molecule has 0 radical (unpaired) electrons. The Morgan fingerprint density at radius 1 is 1.13 bits per heavy atom. The van der Waals surface area contributed by atoms with Gasteiger partial charge in [-0.2, -0.15) is 4.31 Å². The number of hydrogen-bond donors (Lipinski definition) is 0. The first-order valence-corrected chi connectivity index (χ1v) is 11.6. The SMILES string of the molecule is COc1ccc(S(=O)(=O)N(Cc2ccccc2)C(C)Cc2cccs2)cc1[N+](=O)[O-]. The number of methoxy groups -OCH3 is 1. The quantitative estimate of drug-likeness (QED) is 0.357. The molecule has 0 bridgehead atoms. The van der Waals surface area contributed by atoms with E-state index < -0.39 is 14.9 Å². The Kier molecular flexibility index (Phi) is 6.86. The van der Waals surface area contributed by atoms with Crippen LogP contribution in [0.3, 0.4) is 0 Å². The molecule has 0 spiro atoms.